The monoisotopic (exact) mass is 363 g/mol. The van der Waals surface area contributed by atoms with Gasteiger partial charge in [0.25, 0.3) is 11.6 Å². The number of likely N-dealkylation sites (N-methyl/N-ethyl adjacent to an activating group) is 1. The van der Waals surface area contributed by atoms with Gasteiger partial charge in [-0.15, -0.1) is 0 Å². The van der Waals surface area contributed by atoms with Crippen LogP contribution in [0.25, 0.3) is 0 Å². The molecule has 26 heavy (non-hydrogen) atoms. The summed E-state index contributed by atoms with van der Waals surface area (Å²) in [6, 6.07) is 3.49. The fourth-order valence-electron chi connectivity index (χ4n) is 3.05. The maximum Gasteiger partial charge on any atom is 0.305 e. The number of benzene rings is 1. The Bertz CT molecular complexity index is 748. The summed E-state index contributed by atoms with van der Waals surface area (Å²) in [5.41, 5.74) is 0.603. The zero-order valence-electron chi connectivity index (χ0n) is 14.7. The second-order valence-corrected chi connectivity index (χ2v) is 6.32. The van der Waals surface area contributed by atoms with Crippen molar-refractivity contribution >= 4 is 23.5 Å². The van der Waals surface area contributed by atoms with Crippen LogP contribution in [0.3, 0.4) is 0 Å². The van der Waals surface area contributed by atoms with E-state index in [0.29, 0.717) is 30.5 Å². The van der Waals surface area contributed by atoms with E-state index in [1.807, 2.05) is 0 Å². The zero-order chi connectivity index (χ0) is 19.4. The lowest BCUT2D eigenvalue weighted by molar-refractivity contribution is -0.385. The summed E-state index contributed by atoms with van der Waals surface area (Å²) in [7, 11) is 1.52. The highest BCUT2D eigenvalue weighted by molar-refractivity contribution is 5.98. The minimum atomic E-state index is -0.995. The first-order chi connectivity index (χ1) is 12.2. The Balaban J connectivity index is 2.15. The smallest absolute Gasteiger partial charge is 0.305 e. The molecule has 1 aliphatic heterocycles. The van der Waals surface area contributed by atoms with Gasteiger partial charge in [0.2, 0.25) is 5.91 Å². The van der Waals surface area contributed by atoms with Crippen LogP contribution in [0.1, 0.15) is 35.2 Å². The Morgan fingerprint density at radius 2 is 2.08 bits per heavy atom. The summed E-state index contributed by atoms with van der Waals surface area (Å²) in [5, 5.41) is 19.6. The number of carbonyl (C=O) groups excluding carboxylic acids is 2. The SMILES string of the molecule is Cc1cc(C(=O)N2CCCC2C(=O)N(C)CCC(=O)O)ccc1[N+](=O)[O-]. The van der Waals surface area contributed by atoms with Crippen LogP contribution in [0.15, 0.2) is 18.2 Å². The molecule has 0 radical (unpaired) electrons. The third kappa shape index (κ3) is 4.16. The number of aliphatic carboxylic acids is 1. The van der Waals surface area contributed by atoms with Crippen LogP contribution in [0, 0.1) is 17.0 Å². The second-order valence-electron chi connectivity index (χ2n) is 6.32. The molecule has 1 saturated heterocycles. The van der Waals surface area contributed by atoms with Gasteiger partial charge in [-0.3, -0.25) is 24.5 Å². The van der Waals surface area contributed by atoms with Crippen molar-refractivity contribution in [1.82, 2.24) is 9.80 Å². The van der Waals surface area contributed by atoms with Crippen molar-refractivity contribution in [3.8, 4) is 0 Å². The normalized spacial score (nSPS) is 16.4. The number of nitrogens with zero attached hydrogens (tertiary/aromatic N) is 3. The Morgan fingerprint density at radius 3 is 2.65 bits per heavy atom. The van der Waals surface area contributed by atoms with E-state index in [1.54, 1.807) is 6.92 Å². The van der Waals surface area contributed by atoms with Crippen LogP contribution < -0.4 is 0 Å². The molecule has 1 aromatic rings. The van der Waals surface area contributed by atoms with Crippen LogP contribution in [-0.4, -0.2) is 63.8 Å². The van der Waals surface area contributed by atoms with Crippen LogP contribution >= 0.6 is 0 Å². The topological polar surface area (TPSA) is 121 Å². The number of rotatable bonds is 6. The molecule has 1 atom stereocenters. The molecule has 2 rings (SSSR count). The summed E-state index contributed by atoms with van der Waals surface area (Å²) in [6.45, 7) is 2.04. The molecule has 0 bridgehead atoms. The quantitative estimate of drug-likeness (QED) is 0.603. The van der Waals surface area contributed by atoms with Gasteiger partial charge >= 0.3 is 5.97 Å². The van der Waals surface area contributed by atoms with E-state index in [9.17, 15) is 24.5 Å². The number of aryl methyl sites for hydroxylation is 1. The summed E-state index contributed by atoms with van der Waals surface area (Å²) in [6.07, 6.45) is 1.01. The number of hydrogen-bond acceptors (Lipinski definition) is 5. The van der Waals surface area contributed by atoms with Gasteiger partial charge in [-0.2, -0.15) is 0 Å². The molecule has 1 aromatic carbocycles. The minimum Gasteiger partial charge on any atom is -0.481 e. The third-order valence-corrected chi connectivity index (χ3v) is 4.48. The van der Waals surface area contributed by atoms with Crippen molar-refractivity contribution in [3.63, 3.8) is 0 Å². The fourth-order valence-corrected chi connectivity index (χ4v) is 3.05. The average molecular weight is 363 g/mol. The lowest BCUT2D eigenvalue weighted by Gasteiger charge is -2.28. The molecule has 0 aliphatic carbocycles. The summed E-state index contributed by atoms with van der Waals surface area (Å²) < 4.78 is 0. The molecule has 9 heteroatoms. The minimum absolute atomic E-state index is 0.0657. The van der Waals surface area contributed by atoms with Gasteiger partial charge in [0.05, 0.1) is 11.3 Å². The van der Waals surface area contributed by atoms with E-state index in [2.05, 4.69) is 0 Å². The molecule has 2 amide bonds. The number of amides is 2. The molecule has 1 unspecified atom stereocenters. The van der Waals surface area contributed by atoms with Crippen molar-refractivity contribution in [2.45, 2.75) is 32.2 Å². The third-order valence-electron chi connectivity index (χ3n) is 4.48. The largest absolute Gasteiger partial charge is 0.481 e. The van der Waals surface area contributed by atoms with E-state index in [1.165, 1.54) is 35.0 Å². The number of carboxylic acid groups (broad SMARTS) is 1. The Morgan fingerprint density at radius 1 is 1.38 bits per heavy atom. The Hall–Kier alpha value is -2.97. The van der Waals surface area contributed by atoms with E-state index in [0.717, 1.165) is 0 Å². The molecule has 1 N–H and O–H groups in total. The number of likely N-dealkylation sites (tertiary alicyclic amines) is 1. The molecule has 1 fully saturated rings. The highest BCUT2D eigenvalue weighted by Crippen LogP contribution is 2.24. The van der Waals surface area contributed by atoms with Gasteiger partial charge < -0.3 is 14.9 Å². The van der Waals surface area contributed by atoms with E-state index in [4.69, 9.17) is 5.11 Å². The summed E-state index contributed by atoms with van der Waals surface area (Å²) in [5.74, 6) is -1.65. The molecule has 140 valence electrons. The average Bonchev–Trinajstić information content (AvgIpc) is 3.07. The number of nitro groups is 1. The van der Waals surface area contributed by atoms with E-state index < -0.39 is 16.9 Å². The highest BCUT2D eigenvalue weighted by Gasteiger charge is 2.36. The van der Waals surface area contributed by atoms with Crippen LogP contribution in [-0.2, 0) is 9.59 Å². The lowest BCUT2D eigenvalue weighted by Crippen LogP contribution is -2.47. The van der Waals surface area contributed by atoms with Gasteiger partial charge in [0.1, 0.15) is 6.04 Å². The molecule has 1 heterocycles. The highest BCUT2D eigenvalue weighted by atomic mass is 16.6. The first kappa shape index (κ1) is 19.4. The van der Waals surface area contributed by atoms with Crippen molar-refractivity contribution in [3.05, 3.63) is 39.4 Å². The predicted molar refractivity (Wildman–Crippen MR) is 91.8 cm³/mol. The molecule has 0 saturated carbocycles. The first-order valence-corrected chi connectivity index (χ1v) is 8.25. The second kappa shape index (κ2) is 7.94. The molecular weight excluding hydrogens is 342 g/mol. The fraction of sp³-hybridized carbons (Fsp3) is 0.471. The first-order valence-electron chi connectivity index (χ1n) is 8.25. The molecule has 0 aromatic heterocycles. The van der Waals surface area contributed by atoms with Crippen LogP contribution in [0.4, 0.5) is 5.69 Å². The van der Waals surface area contributed by atoms with Crippen LogP contribution in [0.2, 0.25) is 0 Å². The number of carbonyl (C=O) groups is 3. The van der Waals surface area contributed by atoms with Gasteiger partial charge in [-0.25, -0.2) is 0 Å². The predicted octanol–water partition coefficient (Wildman–Crippen LogP) is 1.44. The zero-order valence-corrected chi connectivity index (χ0v) is 14.7. The number of carboxylic acids is 1. The van der Waals surface area contributed by atoms with E-state index in [-0.39, 0.29) is 30.5 Å². The standard InChI is InChI=1S/C17H21N3O6/c1-11-10-12(5-6-13(11)20(25)26)16(23)19-8-3-4-14(19)17(24)18(2)9-7-15(21)22/h5-6,10,14H,3-4,7-9H2,1-2H3,(H,21,22). The number of hydrogen-bond donors (Lipinski definition) is 1. The molecular formula is C17H21N3O6. The Kier molecular flexibility index (Phi) is 5.91. The molecule has 0 spiro atoms. The number of nitro benzene ring substituents is 1. The van der Waals surface area contributed by atoms with E-state index >= 15 is 0 Å². The summed E-state index contributed by atoms with van der Waals surface area (Å²) in [4.78, 5) is 49.2. The maximum absolute atomic E-state index is 12.8. The summed E-state index contributed by atoms with van der Waals surface area (Å²) >= 11 is 0. The van der Waals surface area contributed by atoms with Gasteiger partial charge in [-0.05, 0) is 31.9 Å². The van der Waals surface area contributed by atoms with Crippen LogP contribution in [0.5, 0.6) is 0 Å². The van der Waals surface area contributed by atoms with Crippen molar-refractivity contribution in [2.24, 2.45) is 0 Å². The lowest BCUT2D eigenvalue weighted by atomic mass is 10.1. The van der Waals surface area contributed by atoms with Crippen molar-refractivity contribution in [1.29, 1.82) is 0 Å². The Labute approximate surface area is 150 Å². The van der Waals surface area contributed by atoms with Gasteiger partial charge in [0, 0.05) is 37.3 Å². The van der Waals surface area contributed by atoms with Gasteiger partial charge in [0.15, 0.2) is 0 Å². The van der Waals surface area contributed by atoms with Crippen molar-refractivity contribution in [2.75, 3.05) is 20.1 Å². The molecule has 9 nitrogen and oxygen atoms in total. The molecule has 1 aliphatic rings. The maximum atomic E-state index is 12.8. The van der Waals surface area contributed by atoms with Gasteiger partial charge in [-0.1, -0.05) is 0 Å². The van der Waals surface area contributed by atoms with Crippen molar-refractivity contribution < 1.29 is 24.4 Å².